The number of nitrogens with zero attached hydrogens (tertiary/aromatic N) is 3. The number of hydrogen-bond acceptors (Lipinski definition) is 5. The maximum Gasteiger partial charge on any atom is 0.137 e. The van der Waals surface area contributed by atoms with E-state index in [1.54, 1.807) is 11.3 Å². The van der Waals surface area contributed by atoms with E-state index >= 15 is 0 Å². The zero-order valence-electron chi connectivity index (χ0n) is 8.77. The molecular formula is C10H11ClN4S. The van der Waals surface area contributed by atoms with Gasteiger partial charge in [0, 0.05) is 23.9 Å². The summed E-state index contributed by atoms with van der Waals surface area (Å²) in [6, 6.07) is 0. The van der Waals surface area contributed by atoms with Gasteiger partial charge >= 0.3 is 0 Å². The molecule has 0 spiro atoms. The molecule has 4 nitrogen and oxygen atoms in total. The molecule has 2 aromatic heterocycles. The molecule has 0 fully saturated rings. The molecule has 0 unspecified atom stereocenters. The van der Waals surface area contributed by atoms with Crippen LogP contribution in [-0.4, -0.2) is 21.5 Å². The van der Waals surface area contributed by atoms with E-state index < -0.39 is 0 Å². The fourth-order valence-electron chi connectivity index (χ4n) is 1.28. The third kappa shape index (κ3) is 2.68. The summed E-state index contributed by atoms with van der Waals surface area (Å²) in [5.41, 5.74) is 3.81. The number of hydrogen-bond donors (Lipinski definition) is 1. The van der Waals surface area contributed by atoms with Gasteiger partial charge in [0.05, 0.1) is 11.2 Å². The minimum Gasteiger partial charge on any atom is -0.369 e. The molecule has 0 atom stereocenters. The molecule has 0 saturated heterocycles. The predicted octanol–water partition coefficient (Wildman–Crippen LogP) is 2.55. The minimum atomic E-state index is 0.492. The number of anilines is 1. The van der Waals surface area contributed by atoms with Crippen LogP contribution in [0.4, 0.5) is 5.82 Å². The van der Waals surface area contributed by atoms with Crippen LogP contribution in [0.5, 0.6) is 0 Å². The lowest BCUT2D eigenvalue weighted by molar-refractivity contribution is 0.959. The van der Waals surface area contributed by atoms with E-state index in [1.807, 2.05) is 17.8 Å². The van der Waals surface area contributed by atoms with Gasteiger partial charge < -0.3 is 5.32 Å². The molecule has 0 bridgehead atoms. The molecule has 0 aromatic carbocycles. The Labute approximate surface area is 103 Å². The maximum absolute atomic E-state index is 5.89. The van der Waals surface area contributed by atoms with Crippen LogP contribution in [0.3, 0.4) is 0 Å². The van der Waals surface area contributed by atoms with Gasteiger partial charge in [-0.3, -0.25) is 0 Å². The van der Waals surface area contributed by atoms with Gasteiger partial charge in [-0.2, -0.15) is 0 Å². The van der Waals surface area contributed by atoms with Crippen LogP contribution in [0, 0.1) is 6.92 Å². The third-order valence-corrected chi connectivity index (χ3v) is 3.20. The monoisotopic (exact) mass is 254 g/mol. The van der Waals surface area contributed by atoms with Crippen LogP contribution < -0.4 is 5.32 Å². The Kier molecular flexibility index (Phi) is 3.69. The van der Waals surface area contributed by atoms with E-state index in [9.17, 15) is 0 Å². The van der Waals surface area contributed by atoms with Gasteiger partial charge in [0.1, 0.15) is 17.3 Å². The fraction of sp³-hybridized carbons (Fsp3) is 0.300. The summed E-state index contributed by atoms with van der Waals surface area (Å²) in [6.07, 6.45) is 2.34. The van der Waals surface area contributed by atoms with Crippen LogP contribution in [0.15, 0.2) is 17.2 Å². The van der Waals surface area contributed by atoms with E-state index in [4.69, 9.17) is 11.6 Å². The Morgan fingerprint density at radius 2 is 2.25 bits per heavy atom. The highest BCUT2D eigenvalue weighted by Crippen LogP contribution is 2.17. The van der Waals surface area contributed by atoms with Crippen molar-refractivity contribution in [3.63, 3.8) is 0 Å². The highest BCUT2D eigenvalue weighted by Gasteiger charge is 2.04. The quantitative estimate of drug-likeness (QED) is 0.852. The average molecular weight is 255 g/mol. The predicted molar refractivity (Wildman–Crippen MR) is 66.1 cm³/mol. The van der Waals surface area contributed by atoms with Crippen molar-refractivity contribution in [2.45, 2.75) is 13.3 Å². The SMILES string of the molecule is Cc1c(Cl)ncnc1NCCc1cscn1. The van der Waals surface area contributed by atoms with Gasteiger partial charge in [-0.05, 0) is 6.92 Å². The Morgan fingerprint density at radius 1 is 1.38 bits per heavy atom. The Hall–Kier alpha value is -1.20. The molecule has 6 heteroatoms. The first kappa shape index (κ1) is 11.3. The van der Waals surface area contributed by atoms with Crippen molar-refractivity contribution >= 4 is 28.8 Å². The molecule has 16 heavy (non-hydrogen) atoms. The molecule has 0 radical (unpaired) electrons. The third-order valence-electron chi connectivity index (χ3n) is 2.18. The van der Waals surface area contributed by atoms with Crippen molar-refractivity contribution in [1.29, 1.82) is 0 Å². The van der Waals surface area contributed by atoms with Crippen LogP contribution in [-0.2, 0) is 6.42 Å². The maximum atomic E-state index is 5.89. The largest absolute Gasteiger partial charge is 0.369 e. The molecule has 0 aliphatic carbocycles. The molecule has 0 aliphatic rings. The van der Waals surface area contributed by atoms with E-state index in [0.29, 0.717) is 5.15 Å². The van der Waals surface area contributed by atoms with Gasteiger partial charge in [0.25, 0.3) is 0 Å². The number of nitrogens with one attached hydrogen (secondary N) is 1. The van der Waals surface area contributed by atoms with Crippen molar-refractivity contribution in [2.75, 3.05) is 11.9 Å². The van der Waals surface area contributed by atoms with Crippen molar-refractivity contribution in [2.24, 2.45) is 0 Å². The Balaban J connectivity index is 1.92. The lowest BCUT2D eigenvalue weighted by Gasteiger charge is -2.07. The molecule has 0 saturated carbocycles. The molecule has 0 amide bonds. The zero-order chi connectivity index (χ0) is 11.4. The summed E-state index contributed by atoms with van der Waals surface area (Å²) >= 11 is 7.50. The summed E-state index contributed by atoms with van der Waals surface area (Å²) in [4.78, 5) is 12.2. The summed E-state index contributed by atoms with van der Waals surface area (Å²) < 4.78 is 0. The van der Waals surface area contributed by atoms with E-state index in [-0.39, 0.29) is 0 Å². The molecule has 84 valence electrons. The first-order valence-corrected chi connectivity index (χ1v) is 6.17. The normalized spacial score (nSPS) is 10.4. The lowest BCUT2D eigenvalue weighted by atomic mass is 10.3. The summed E-state index contributed by atoms with van der Waals surface area (Å²) in [7, 11) is 0. The van der Waals surface area contributed by atoms with Crippen molar-refractivity contribution in [3.05, 3.63) is 33.6 Å². The topological polar surface area (TPSA) is 50.7 Å². The first-order chi connectivity index (χ1) is 7.77. The minimum absolute atomic E-state index is 0.492. The number of halogens is 1. The van der Waals surface area contributed by atoms with Crippen LogP contribution in [0.25, 0.3) is 0 Å². The van der Waals surface area contributed by atoms with Crippen LogP contribution in [0.2, 0.25) is 5.15 Å². The number of aromatic nitrogens is 3. The lowest BCUT2D eigenvalue weighted by Crippen LogP contribution is -2.08. The highest BCUT2D eigenvalue weighted by molar-refractivity contribution is 7.07. The van der Waals surface area contributed by atoms with Crippen molar-refractivity contribution in [3.8, 4) is 0 Å². The molecule has 2 aromatic rings. The number of rotatable bonds is 4. The highest BCUT2D eigenvalue weighted by atomic mass is 35.5. The summed E-state index contributed by atoms with van der Waals surface area (Å²) in [5, 5.41) is 5.76. The van der Waals surface area contributed by atoms with Crippen molar-refractivity contribution < 1.29 is 0 Å². The zero-order valence-corrected chi connectivity index (χ0v) is 10.3. The van der Waals surface area contributed by atoms with Crippen molar-refractivity contribution in [1.82, 2.24) is 15.0 Å². The first-order valence-electron chi connectivity index (χ1n) is 4.85. The van der Waals surface area contributed by atoms with Gasteiger partial charge in [0.2, 0.25) is 0 Å². The number of thiazole rings is 1. The summed E-state index contributed by atoms with van der Waals surface area (Å²) in [6.45, 7) is 2.69. The second kappa shape index (κ2) is 5.23. The van der Waals surface area contributed by atoms with Gasteiger partial charge in [-0.25, -0.2) is 15.0 Å². The van der Waals surface area contributed by atoms with Gasteiger partial charge in [0.15, 0.2) is 0 Å². The molecule has 2 heterocycles. The average Bonchev–Trinajstić information content (AvgIpc) is 2.77. The second-order valence-corrected chi connectivity index (χ2v) is 4.37. The molecule has 0 aliphatic heterocycles. The second-order valence-electron chi connectivity index (χ2n) is 3.29. The fourth-order valence-corrected chi connectivity index (χ4v) is 2.00. The van der Waals surface area contributed by atoms with E-state index in [1.165, 1.54) is 6.33 Å². The smallest absolute Gasteiger partial charge is 0.137 e. The Bertz CT molecular complexity index is 458. The summed E-state index contributed by atoms with van der Waals surface area (Å²) in [5.74, 6) is 0.787. The van der Waals surface area contributed by atoms with E-state index in [0.717, 1.165) is 30.0 Å². The molecular weight excluding hydrogens is 244 g/mol. The Morgan fingerprint density at radius 3 is 3.00 bits per heavy atom. The molecule has 1 N–H and O–H groups in total. The van der Waals surface area contributed by atoms with Crippen LogP contribution in [0.1, 0.15) is 11.3 Å². The van der Waals surface area contributed by atoms with Crippen LogP contribution >= 0.6 is 22.9 Å². The molecule has 2 rings (SSSR count). The van der Waals surface area contributed by atoms with Gasteiger partial charge in [-0.1, -0.05) is 11.6 Å². The van der Waals surface area contributed by atoms with Gasteiger partial charge in [-0.15, -0.1) is 11.3 Å². The van der Waals surface area contributed by atoms with E-state index in [2.05, 4.69) is 20.3 Å². The standard InChI is InChI=1S/C10H11ClN4S/c1-7-9(11)13-5-14-10(7)12-3-2-8-4-16-6-15-8/h4-6H,2-3H2,1H3,(H,12,13,14).